The normalized spacial score (nSPS) is 23.8. The topological polar surface area (TPSA) is 88.1 Å². The van der Waals surface area contributed by atoms with Crippen molar-refractivity contribution < 1.29 is 24.2 Å². The second-order valence-corrected chi connectivity index (χ2v) is 8.99. The van der Waals surface area contributed by atoms with Crippen molar-refractivity contribution in [3.05, 3.63) is 53.6 Å². The molecule has 168 valence electrons. The van der Waals surface area contributed by atoms with Crippen LogP contribution in [0.2, 0.25) is 0 Å². The molecule has 2 aliphatic heterocycles. The zero-order valence-electron chi connectivity index (χ0n) is 18.2. The quantitative estimate of drug-likeness (QED) is 0.749. The lowest BCUT2D eigenvalue weighted by molar-refractivity contribution is -0.143. The lowest BCUT2D eigenvalue weighted by Gasteiger charge is -2.34. The molecule has 2 N–H and O–H groups in total. The first-order valence-electron chi connectivity index (χ1n) is 11.2. The lowest BCUT2D eigenvalue weighted by atomic mass is 9.88. The van der Waals surface area contributed by atoms with Gasteiger partial charge in [-0.3, -0.25) is 10.1 Å². The highest BCUT2D eigenvalue weighted by atomic mass is 16.5. The van der Waals surface area contributed by atoms with E-state index in [-0.39, 0.29) is 11.5 Å². The molecule has 0 radical (unpaired) electrons. The molecule has 1 amide bonds. The molecule has 2 aromatic carbocycles. The molecule has 0 aromatic heterocycles. The van der Waals surface area contributed by atoms with E-state index in [9.17, 15) is 14.7 Å². The summed E-state index contributed by atoms with van der Waals surface area (Å²) in [5.41, 5.74) is 3.56. The first-order valence-corrected chi connectivity index (χ1v) is 11.2. The number of carbonyl (C=O) groups is 2. The number of piperidine rings is 1. The Hall–Kier alpha value is -2.90. The summed E-state index contributed by atoms with van der Waals surface area (Å²) in [4.78, 5) is 25.9. The Morgan fingerprint density at radius 1 is 1.16 bits per heavy atom. The predicted octanol–water partition coefficient (Wildman–Crippen LogP) is 3.10. The van der Waals surface area contributed by atoms with Crippen molar-refractivity contribution in [1.82, 2.24) is 10.2 Å². The van der Waals surface area contributed by atoms with E-state index >= 15 is 0 Å². The largest absolute Gasteiger partial charge is 0.496 e. The number of carboxylic acids is 1. The Bertz CT molecular complexity index is 1020. The Morgan fingerprint density at radius 3 is 2.53 bits per heavy atom. The average Bonchev–Trinajstić information content (AvgIpc) is 3.24. The molecule has 2 heterocycles. The van der Waals surface area contributed by atoms with E-state index in [4.69, 9.17) is 9.47 Å². The second-order valence-electron chi connectivity index (χ2n) is 8.99. The number of aromatic carboxylic acids is 1. The van der Waals surface area contributed by atoms with Crippen molar-refractivity contribution in [3.63, 3.8) is 0 Å². The fourth-order valence-corrected chi connectivity index (χ4v) is 5.26. The number of ether oxygens (including phenoxy) is 2. The number of methoxy groups -OCH3 is 1. The first-order chi connectivity index (χ1) is 15.5. The third-order valence-electron chi connectivity index (χ3n) is 7.27. The van der Waals surface area contributed by atoms with Gasteiger partial charge in [0, 0.05) is 25.2 Å². The van der Waals surface area contributed by atoms with Crippen molar-refractivity contribution >= 4 is 11.9 Å². The summed E-state index contributed by atoms with van der Waals surface area (Å²) in [7, 11) is 1.59. The van der Waals surface area contributed by atoms with Crippen molar-refractivity contribution in [1.29, 1.82) is 0 Å². The van der Waals surface area contributed by atoms with Crippen LogP contribution in [0.1, 0.15) is 41.1 Å². The van der Waals surface area contributed by atoms with Crippen LogP contribution in [-0.2, 0) is 9.53 Å². The lowest BCUT2D eigenvalue weighted by Crippen LogP contribution is -2.48. The molecular weight excluding hydrogens is 408 g/mol. The number of nitrogens with one attached hydrogen (secondary N) is 1. The van der Waals surface area contributed by atoms with Gasteiger partial charge in [0.15, 0.2) is 6.23 Å². The summed E-state index contributed by atoms with van der Waals surface area (Å²) < 4.78 is 10.9. The standard InChI is InChI=1S/C25H28N2O5/c1-31-21-7-6-18(24(29)30)14-19(21)16-2-4-17(5-3-16)20-15-25(20)8-11-27(12-9-25)23(28)22-26-10-13-32-22/h2-7,14,20,22,26H,8-13,15H2,1H3,(H,29,30)/t20-,22?/m1/s1. The minimum atomic E-state index is -0.953. The van der Waals surface area contributed by atoms with Gasteiger partial charge >= 0.3 is 5.97 Å². The molecule has 32 heavy (non-hydrogen) atoms. The van der Waals surface area contributed by atoms with Crippen LogP contribution in [0, 0.1) is 5.41 Å². The fraction of sp³-hybridized carbons (Fsp3) is 0.440. The molecule has 3 fully saturated rings. The summed E-state index contributed by atoms with van der Waals surface area (Å²) in [6, 6.07) is 13.3. The number of amides is 1. The van der Waals surface area contributed by atoms with Gasteiger partial charge in [-0.2, -0.15) is 0 Å². The predicted molar refractivity (Wildman–Crippen MR) is 119 cm³/mol. The maximum atomic E-state index is 12.6. The molecule has 7 nitrogen and oxygen atoms in total. The zero-order chi connectivity index (χ0) is 22.3. The van der Waals surface area contributed by atoms with Gasteiger partial charge in [0.1, 0.15) is 5.75 Å². The highest BCUT2D eigenvalue weighted by Crippen LogP contribution is 2.65. The van der Waals surface area contributed by atoms with E-state index in [1.807, 2.05) is 17.0 Å². The van der Waals surface area contributed by atoms with Crippen molar-refractivity contribution in [2.75, 3.05) is 33.4 Å². The van der Waals surface area contributed by atoms with Gasteiger partial charge in [-0.1, -0.05) is 24.3 Å². The Kier molecular flexibility index (Phi) is 5.39. The molecule has 1 unspecified atom stereocenters. The van der Waals surface area contributed by atoms with Crippen LogP contribution < -0.4 is 10.1 Å². The van der Waals surface area contributed by atoms with Crippen LogP contribution >= 0.6 is 0 Å². The molecule has 7 heteroatoms. The molecule has 3 aliphatic rings. The molecule has 2 aromatic rings. The number of rotatable bonds is 5. The first kappa shape index (κ1) is 21.0. The third kappa shape index (κ3) is 3.76. The van der Waals surface area contributed by atoms with Crippen LogP contribution in [0.15, 0.2) is 42.5 Å². The number of hydrogen-bond acceptors (Lipinski definition) is 5. The van der Waals surface area contributed by atoms with Gasteiger partial charge in [0.25, 0.3) is 5.91 Å². The molecule has 1 aliphatic carbocycles. The molecule has 2 saturated heterocycles. The Labute approximate surface area is 187 Å². The van der Waals surface area contributed by atoms with E-state index in [0.717, 1.165) is 50.0 Å². The van der Waals surface area contributed by atoms with Crippen molar-refractivity contribution in [2.45, 2.75) is 31.4 Å². The minimum absolute atomic E-state index is 0.0661. The Balaban J connectivity index is 1.26. The summed E-state index contributed by atoms with van der Waals surface area (Å²) in [6.07, 6.45) is 2.73. The van der Waals surface area contributed by atoms with E-state index in [1.54, 1.807) is 25.3 Å². The van der Waals surface area contributed by atoms with Crippen molar-refractivity contribution in [3.8, 4) is 16.9 Å². The summed E-state index contributed by atoms with van der Waals surface area (Å²) in [6.45, 7) is 2.90. The fourth-order valence-electron chi connectivity index (χ4n) is 5.26. The third-order valence-corrected chi connectivity index (χ3v) is 7.27. The van der Waals surface area contributed by atoms with E-state index < -0.39 is 12.2 Å². The molecule has 5 rings (SSSR count). The van der Waals surface area contributed by atoms with Gasteiger partial charge < -0.3 is 19.5 Å². The van der Waals surface area contributed by atoms with Gasteiger partial charge in [-0.25, -0.2) is 4.79 Å². The maximum absolute atomic E-state index is 12.6. The van der Waals surface area contributed by atoms with Crippen molar-refractivity contribution in [2.24, 2.45) is 5.41 Å². The van der Waals surface area contributed by atoms with Crippen LogP contribution in [0.4, 0.5) is 0 Å². The van der Waals surface area contributed by atoms with Gasteiger partial charge in [0.05, 0.1) is 19.3 Å². The highest BCUT2D eigenvalue weighted by Gasteiger charge is 2.55. The molecule has 2 atom stereocenters. The minimum Gasteiger partial charge on any atom is -0.496 e. The maximum Gasteiger partial charge on any atom is 0.335 e. The van der Waals surface area contributed by atoms with Crippen LogP contribution in [-0.4, -0.2) is 61.5 Å². The molecule has 0 bridgehead atoms. The van der Waals surface area contributed by atoms with E-state index in [2.05, 4.69) is 17.4 Å². The number of hydrogen-bond donors (Lipinski definition) is 2. The number of benzene rings is 2. The van der Waals surface area contributed by atoms with Gasteiger partial charge in [-0.05, 0) is 59.9 Å². The molecule has 1 saturated carbocycles. The summed E-state index contributed by atoms with van der Waals surface area (Å²) in [5, 5.41) is 12.4. The second kappa shape index (κ2) is 8.22. The average molecular weight is 437 g/mol. The molecular formula is C25H28N2O5. The van der Waals surface area contributed by atoms with E-state index in [0.29, 0.717) is 23.7 Å². The number of nitrogens with zero attached hydrogens (tertiary/aromatic N) is 1. The number of likely N-dealkylation sites (tertiary alicyclic amines) is 1. The summed E-state index contributed by atoms with van der Waals surface area (Å²) >= 11 is 0. The SMILES string of the molecule is COc1ccc(C(=O)O)cc1-c1ccc([C@H]2CC23CCN(C(=O)C2NCCO2)CC3)cc1. The Morgan fingerprint density at radius 2 is 1.91 bits per heavy atom. The smallest absolute Gasteiger partial charge is 0.335 e. The summed E-state index contributed by atoms with van der Waals surface area (Å²) in [5.74, 6) is 0.285. The van der Waals surface area contributed by atoms with Crippen LogP contribution in [0.5, 0.6) is 5.75 Å². The number of carboxylic acid groups (broad SMARTS) is 1. The van der Waals surface area contributed by atoms with E-state index in [1.165, 1.54) is 5.56 Å². The monoisotopic (exact) mass is 436 g/mol. The van der Waals surface area contributed by atoms with Gasteiger partial charge in [-0.15, -0.1) is 0 Å². The van der Waals surface area contributed by atoms with Crippen LogP contribution in [0.3, 0.4) is 0 Å². The van der Waals surface area contributed by atoms with Gasteiger partial charge in [0.2, 0.25) is 0 Å². The zero-order valence-corrected chi connectivity index (χ0v) is 18.2. The molecule has 1 spiro atoms. The number of carbonyl (C=O) groups excluding carboxylic acids is 1. The van der Waals surface area contributed by atoms with Crippen LogP contribution in [0.25, 0.3) is 11.1 Å². The highest BCUT2D eigenvalue weighted by molar-refractivity contribution is 5.90.